The van der Waals surface area contributed by atoms with Gasteiger partial charge in [0, 0.05) is 20.2 Å². The average molecular weight is 246 g/mol. The van der Waals surface area contributed by atoms with E-state index in [1.54, 1.807) is 7.11 Å². The van der Waals surface area contributed by atoms with E-state index < -0.39 is 0 Å². The molecule has 0 atom stereocenters. The smallest absolute Gasteiger partial charge is 0.174 e. The van der Waals surface area contributed by atoms with Crippen LogP contribution in [0.3, 0.4) is 0 Å². The Bertz CT molecular complexity index is 393. The lowest BCUT2D eigenvalue weighted by atomic mass is 10.2. The number of nitrogens with one attached hydrogen (secondary N) is 1. The highest BCUT2D eigenvalue weighted by Gasteiger charge is 1.92. The molecule has 0 aliphatic heterocycles. The molecule has 0 heterocycles. The lowest BCUT2D eigenvalue weighted by molar-refractivity contribution is 0.200. The maximum atomic E-state index is 8.38. The molecule has 0 spiro atoms. The van der Waals surface area contributed by atoms with Crippen molar-refractivity contribution in [3.63, 3.8) is 0 Å². The quantitative estimate of drug-likeness (QED) is 0.711. The summed E-state index contributed by atoms with van der Waals surface area (Å²) in [6.45, 7) is 2.47. The van der Waals surface area contributed by atoms with Crippen LogP contribution in [0.4, 0.5) is 0 Å². The topological polar surface area (TPSA) is 54.3 Å². The Morgan fingerprint density at radius 3 is 2.78 bits per heavy atom. The monoisotopic (exact) mass is 246 g/mol. The predicted octanol–water partition coefficient (Wildman–Crippen LogP) is 1.84. The average Bonchev–Trinajstić information content (AvgIpc) is 2.42. The normalized spacial score (nSPS) is 10.4. The summed E-state index contributed by atoms with van der Waals surface area (Å²) in [5.41, 5.74) is 1.10. The number of ether oxygens (including phenoxy) is 2. The van der Waals surface area contributed by atoms with Gasteiger partial charge in [-0.3, -0.25) is 0 Å². The number of hydrogen-bond donors (Lipinski definition) is 1. The SMILES string of the molecule is COCCNCC=Cc1ccc(OCC#N)cc1. The van der Waals surface area contributed by atoms with Crippen molar-refractivity contribution in [2.24, 2.45) is 0 Å². The molecule has 1 aromatic carbocycles. The molecule has 18 heavy (non-hydrogen) atoms. The first-order valence-corrected chi connectivity index (χ1v) is 5.83. The van der Waals surface area contributed by atoms with E-state index in [0.717, 1.165) is 25.3 Å². The standard InChI is InChI=1S/C14H18N2O2/c1-17-12-10-16-9-2-3-13-4-6-14(7-5-13)18-11-8-15/h2-7,16H,9-12H2,1H3. The summed E-state index contributed by atoms with van der Waals surface area (Å²) in [5, 5.41) is 11.6. The number of rotatable bonds is 8. The first kappa shape index (κ1) is 14.2. The maximum Gasteiger partial charge on any atom is 0.174 e. The zero-order valence-corrected chi connectivity index (χ0v) is 10.6. The molecule has 0 saturated carbocycles. The molecule has 0 aromatic heterocycles. The van der Waals surface area contributed by atoms with Crippen molar-refractivity contribution in [1.82, 2.24) is 5.32 Å². The molecule has 1 N–H and O–H groups in total. The fourth-order valence-corrected chi connectivity index (χ4v) is 1.35. The third kappa shape index (κ3) is 6.04. The largest absolute Gasteiger partial charge is 0.479 e. The summed E-state index contributed by atoms with van der Waals surface area (Å²) in [6.07, 6.45) is 4.09. The third-order valence-corrected chi connectivity index (χ3v) is 2.24. The molecule has 0 amide bonds. The number of benzene rings is 1. The van der Waals surface area contributed by atoms with Gasteiger partial charge in [0.05, 0.1) is 6.61 Å². The van der Waals surface area contributed by atoms with E-state index in [0.29, 0.717) is 5.75 Å². The molecule has 4 heteroatoms. The Kier molecular flexibility index (Phi) is 7.29. The predicted molar refractivity (Wildman–Crippen MR) is 71.3 cm³/mol. The highest BCUT2D eigenvalue weighted by atomic mass is 16.5. The Hall–Kier alpha value is -1.83. The van der Waals surface area contributed by atoms with Crippen LogP contribution in [0.15, 0.2) is 30.3 Å². The van der Waals surface area contributed by atoms with E-state index in [1.807, 2.05) is 36.4 Å². The molecule has 96 valence electrons. The Balaban J connectivity index is 2.30. The maximum absolute atomic E-state index is 8.38. The first-order valence-electron chi connectivity index (χ1n) is 5.83. The van der Waals surface area contributed by atoms with E-state index in [9.17, 15) is 0 Å². The van der Waals surface area contributed by atoms with Crippen LogP contribution < -0.4 is 10.1 Å². The van der Waals surface area contributed by atoms with Gasteiger partial charge in [-0.1, -0.05) is 24.3 Å². The van der Waals surface area contributed by atoms with Crippen LogP contribution in [0.5, 0.6) is 5.75 Å². The van der Waals surface area contributed by atoms with Crippen LogP contribution in [0.1, 0.15) is 5.56 Å². The molecule has 0 aliphatic rings. The zero-order valence-electron chi connectivity index (χ0n) is 10.6. The fraction of sp³-hybridized carbons (Fsp3) is 0.357. The van der Waals surface area contributed by atoms with Gasteiger partial charge in [-0.05, 0) is 17.7 Å². The van der Waals surface area contributed by atoms with Gasteiger partial charge in [-0.25, -0.2) is 0 Å². The van der Waals surface area contributed by atoms with Crippen molar-refractivity contribution >= 4 is 6.08 Å². The van der Waals surface area contributed by atoms with Crippen LogP contribution in [0.2, 0.25) is 0 Å². The van der Waals surface area contributed by atoms with Crippen molar-refractivity contribution < 1.29 is 9.47 Å². The van der Waals surface area contributed by atoms with E-state index in [-0.39, 0.29) is 6.61 Å². The highest BCUT2D eigenvalue weighted by Crippen LogP contribution is 2.12. The summed E-state index contributed by atoms with van der Waals surface area (Å²) >= 11 is 0. The molecular formula is C14H18N2O2. The van der Waals surface area contributed by atoms with Crippen molar-refractivity contribution in [3.8, 4) is 11.8 Å². The van der Waals surface area contributed by atoms with E-state index >= 15 is 0 Å². The van der Waals surface area contributed by atoms with Crippen LogP contribution >= 0.6 is 0 Å². The molecule has 0 fully saturated rings. The molecule has 0 aliphatic carbocycles. The van der Waals surface area contributed by atoms with Gasteiger partial charge in [0.25, 0.3) is 0 Å². The second kappa shape index (κ2) is 9.23. The summed E-state index contributed by atoms with van der Waals surface area (Å²) in [4.78, 5) is 0. The third-order valence-electron chi connectivity index (χ3n) is 2.24. The van der Waals surface area contributed by atoms with Gasteiger partial charge in [-0.2, -0.15) is 5.26 Å². The first-order chi connectivity index (χ1) is 8.86. The second-order valence-corrected chi connectivity index (χ2v) is 3.62. The van der Waals surface area contributed by atoms with Crippen LogP contribution in [-0.4, -0.2) is 33.4 Å². The molecule has 0 bridgehead atoms. The summed E-state index contributed by atoms with van der Waals surface area (Å²) in [7, 11) is 1.69. The fourth-order valence-electron chi connectivity index (χ4n) is 1.35. The Morgan fingerprint density at radius 2 is 2.11 bits per heavy atom. The zero-order chi connectivity index (χ0) is 13.1. The molecule has 1 aromatic rings. The van der Waals surface area contributed by atoms with Gasteiger partial charge in [0.2, 0.25) is 0 Å². The van der Waals surface area contributed by atoms with Gasteiger partial charge in [-0.15, -0.1) is 0 Å². The minimum absolute atomic E-state index is 0.0819. The number of methoxy groups -OCH3 is 1. The van der Waals surface area contributed by atoms with Crippen molar-refractivity contribution in [2.45, 2.75) is 0 Å². The van der Waals surface area contributed by atoms with Gasteiger partial charge in [0.15, 0.2) is 6.61 Å². The highest BCUT2D eigenvalue weighted by molar-refractivity contribution is 5.50. The second-order valence-electron chi connectivity index (χ2n) is 3.62. The lowest BCUT2D eigenvalue weighted by Gasteiger charge is -2.01. The van der Waals surface area contributed by atoms with E-state index in [2.05, 4.69) is 11.4 Å². The van der Waals surface area contributed by atoms with Crippen LogP contribution in [-0.2, 0) is 4.74 Å². The van der Waals surface area contributed by atoms with Crippen molar-refractivity contribution in [2.75, 3.05) is 33.4 Å². The Morgan fingerprint density at radius 1 is 1.33 bits per heavy atom. The van der Waals surface area contributed by atoms with Crippen molar-refractivity contribution in [1.29, 1.82) is 5.26 Å². The minimum atomic E-state index is 0.0819. The van der Waals surface area contributed by atoms with E-state index in [1.165, 1.54) is 0 Å². The number of nitriles is 1. The molecular weight excluding hydrogens is 228 g/mol. The van der Waals surface area contributed by atoms with Crippen molar-refractivity contribution in [3.05, 3.63) is 35.9 Å². The number of nitrogens with zero attached hydrogens (tertiary/aromatic N) is 1. The molecule has 0 radical (unpaired) electrons. The summed E-state index contributed by atoms with van der Waals surface area (Å²) < 4.78 is 10.1. The lowest BCUT2D eigenvalue weighted by Crippen LogP contribution is -2.18. The minimum Gasteiger partial charge on any atom is -0.479 e. The Labute approximate surface area is 108 Å². The molecule has 0 saturated heterocycles. The van der Waals surface area contributed by atoms with Crippen LogP contribution in [0.25, 0.3) is 6.08 Å². The van der Waals surface area contributed by atoms with Gasteiger partial charge >= 0.3 is 0 Å². The van der Waals surface area contributed by atoms with Crippen LogP contribution in [0, 0.1) is 11.3 Å². The molecule has 4 nitrogen and oxygen atoms in total. The molecule has 0 unspecified atom stereocenters. The summed E-state index contributed by atoms with van der Waals surface area (Å²) in [5.74, 6) is 0.715. The molecule has 1 rings (SSSR count). The van der Waals surface area contributed by atoms with E-state index in [4.69, 9.17) is 14.7 Å². The van der Waals surface area contributed by atoms with Gasteiger partial charge in [0.1, 0.15) is 11.8 Å². The van der Waals surface area contributed by atoms with Gasteiger partial charge < -0.3 is 14.8 Å². The number of hydrogen-bond acceptors (Lipinski definition) is 4. The summed E-state index contributed by atoms with van der Waals surface area (Å²) in [6, 6.07) is 9.56.